The summed E-state index contributed by atoms with van der Waals surface area (Å²) in [6, 6.07) is 0. The van der Waals surface area contributed by atoms with E-state index in [1.54, 1.807) is 18.4 Å². The Labute approximate surface area is 126 Å². The van der Waals surface area contributed by atoms with Crippen LogP contribution in [0.4, 0.5) is 0 Å². The van der Waals surface area contributed by atoms with Gasteiger partial charge in [0.1, 0.15) is 0 Å². The molecule has 0 saturated carbocycles. The molecule has 114 valence electrons. The zero-order valence-electron chi connectivity index (χ0n) is 12.7. The minimum absolute atomic E-state index is 0.813. The van der Waals surface area contributed by atoms with E-state index in [4.69, 9.17) is 4.74 Å². The van der Waals surface area contributed by atoms with E-state index in [1.807, 2.05) is 5.51 Å². The highest BCUT2D eigenvalue weighted by atomic mass is 32.1. The lowest BCUT2D eigenvalue weighted by Gasteiger charge is -2.32. The summed E-state index contributed by atoms with van der Waals surface area (Å²) in [6.07, 6.45) is 3.80. The number of nitrogens with one attached hydrogen (secondary N) is 1. The van der Waals surface area contributed by atoms with Gasteiger partial charge in [-0.3, -0.25) is 0 Å². The van der Waals surface area contributed by atoms with Gasteiger partial charge in [0.2, 0.25) is 0 Å². The number of aromatic nitrogens is 1. The molecule has 0 radical (unpaired) electrons. The molecule has 20 heavy (non-hydrogen) atoms. The van der Waals surface area contributed by atoms with Crippen LogP contribution in [0.15, 0.2) is 5.51 Å². The maximum absolute atomic E-state index is 5.05. The number of aryl methyl sites for hydroxylation is 1. The lowest BCUT2D eigenvalue weighted by atomic mass is 9.96. The van der Waals surface area contributed by atoms with Crippen LogP contribution in [0, 0.1) is 12.8 Å². The Morgan fingerprint density at radius 3 is 2.90 bits per heavy atom. The Hall–Kier alpha value is -0.490. The zero-order valence-corrected chi connectivity index (χ0v) is 13.5. The molecular formula is C15H27N3OS. The van der Waals surface area contributed by atoms with Gasteiger partial charge in [0.05, 0.1) is 17.8 Å². The van der Waals surface area contributed by atoms with Crippen LogP contribution in [0.1, 0.15) is 23.4 Å². The van der Waals surface area contributed by atoms with Crippen LogP contribution in [-0.4, -0.2) is 56.3 Å². The first kappa shape index (κ1) is 15.9. The largest absolute Gasteiger partial charge is 0.383 e. The molecule has 4 nitrogen and oxygen atoms in total. The van der Waals surface area contributed by atoms with E-state index in [0.717, 1.165) is 32.0 Å². The van der Waals surface area contributed by atoms with Crippen molar-refractivity contribution in [1.82, 2.24) is 15.2 Å². The summed E-state index contributed by atoms with van der Waals surface area (Å²) in [5.74, 6) is 0.841. The van der Waals surface area contributed by atoms with Crippen molar-refractivity contribution in [3.8, 4) is 0 Å². The van der Waals surface area contributed by atoms with Crippen LogP contribution in [0.3, 0.4) is 0 Å². The second-order valence-electron chi connectivity index (χ2n) is 5.59. The number of thiazole rings is 1. The normalized spacial score (nSPS) is 17.7. The average Bonchev–Trinajstić information content (AvgIpc) is 2.88. The van der Waals surface area contributed by atoms with Crippen molar-refractivity contribution in [2.45, 2.75) is 26.2 Å². The van der Waals surface area contributed by atoms with Crippen molar-refractivity contribution in [3.63, 3.8) is 0 Å². The van der Waals surface area contributed by atoms with Gasteiger partial charge >= 0.3 is 0 Å². The number of nitrogens with zero attached hydrogens (tertiary/aromatic N) is 2. The predicted molar refractivity (Wildman–Crippen MR) is 84.5 cm³/mol. The van der Waals surface area contributed by atoms with Gasteiger partial charge in [0.25, 0.3) is 0 Å². The maximum Gasteiger partial charge on any atom is 0.0797 e. The molecule has 1 saturated heterocycles. The van der Waals surface area contributed by atoms with Gasteiger partial charge in [-0.2, -0.15) is 0 Å². The predicted octanol–water partition coefficient (Wildman–Crippen LogP) is 1.94. The molecule has 0 spiro atoms. The summed E-state index contributed by atoms with van der Waals surface area (Å²) in [5.41, 5.74) is 3.18. The fourth-order valence-electron chi connectivity index (χ4n) is 2.72. The second-order valence-corrected chi connectivity index (χ2v) is 6.53. The molecule has 0 aromatic carbocycles. The molecule has 0 atom stereocenters. The van der Waals surface area contributed by atoms with Gasteiger partial charge in [-0.05, 0) is 51.7 Å². The summed E-state index contributed by atoms with van der Waals surface area (Å²) in [5, 5.41) is 3.48. The van der Waals surface area contributed by atoms with Crippen molar-refractivity contribution in [3.05, 3.63) is 16.1 Å². The molecule has 1 fully saturated rings. The molecule has 1 aliphatic rings. The van der Waals surface area contributed by atoms with E-state index in [9.17, 15) is 0 Å². The molecule has 2 heterocycles. The molecular weight excluding hydrogens is 270 g/mol. The van der Waals surface area contributed by atoms with Crippen molar-refractivity contribution in [2.24, 2.45) is 5.92 Å². The molecule has 1 N–H and O–H groups in total. The Bertz CT molecular complexity index is 375. The molecule has 2 rings (SSSR count). The van der Waals surface area contributed by atoms with Gasteiger partial charge in [-0.1, -0.05) is 0 Å². The number of piperidine rings is 1. The molecule has 1 aromatic rings. The molecule has 5 heteroatoms. The minimum atomic E-state index is 0.813. The summed E-state index contributed by atoms with van der Waals surface area (Å²) in [7, 11) is 1.75. The lowest BCUT2D eigenvalue weighted by molar-refractivity contribution is 0.174. The van der Waals surface area contributed by atoms with E-state index >= 15 is 0 Å². The van der Waals surface area contributed by atoms with Crippen LogP contribution in [0.25, 0.3) is 0 Å². The Morgan fingerprint density at radius 2 is 2.25 bits per heavy atom. The Kier molecular flexibility index (Phi) is 6.93. The third kappa shape index (κ3) is 5.13. The number of likely N-dealkylation sites (tertiary alicyclic amines) is 1. The van der Waals surface area contributed by atoms with Gasteiger partial charge < -0.3 is 15.0 Å². The molecule has 0 bridgehead atoms. The summed E-state index contributed by atoms with van der Waals surface area (Å²) >= 11 is 1.79. The van der Waals surface area contributed by atoms with Crippen LogP contribution >= 0.6 is 11.3 Å². The van der Waals surface area contributed by atoms with Crippen molar-refractivity contribution in [1.29, 1.82) is 0 Å². The SMILES string of the molecule is COCCNCC1CCN(CCc2scnc2C)CC1. The number of ether oxygens (including phenoxy) is 1. The summed E-state index contributed by atoms with van der Waals surface area (Å²) < 4.78 is 5.05. The van der Waals surface area contributed by atoms with Gasteiger partial charge in [0.15, 0.2) is 0 Å². The second kappa shape index (κ2) is 8.72. The first-order valence-corrected chi connectivity index (χ1v) is 8.48. The van der Waals surface area contributed by atoms with Gasteiger partial charge in [-0.15, -0.1) is 11.3 Å². The van der Waals surface area contributed by atoms with Crippen LogP contribution in [0.5, 0.6) is 0 Å². The topological polar surface area (TPSA) is 37.4 Å². The Balaban J connectivity index is 1.58. The first-order valence-electron chi connectivity index (χ1n) is 7.60. The van der Waals surface area contributed by atoms with E-state index in [1.165, 1.54) is 43.0 Å². The summed E-state index contributed by atoms with van der Waals surface area (Å²) in [4.78, 5) is 8.38. The zero-order chi connectivity index (χ0) is 14.2. The van der Waals surface area contributed by atoms with Crippen molar-refractivity contribution < 1.29 is 4.74 Å². The first-order chi connectivity index (χ1) is 9.79. The molecule has 1 aromatic heterocycles. The molecule has 0 unspecified atom stereocenters. The highest BCUT2D eigenvalue weighted by molar-refractivity contribution is 7.09. The van der Waals surface area contributed by atoms with Crippen LogP contribution in [0.2, 0.25) is 0 Å². The number of methoxy groups -OCH3 is 1. The van der Waals surface area contributed by atoms with Crippen molar-refractivity contribution >= 4 is 11.3 Å². The van der Waals surface area contributed by atoms with Gasteiger partial charge in [-0.25, -0.2) is 4.98 Å². The monoisotopic (exact) mass is 297 g/mol. The highest BCUT2D eigenvalue weighted by Crippen LogP contribution is 2.18. The smallest absolute Gasteiger partial charge is 0.0797 e. The highest BCUT2D eigenvalue weighted by Gasteiger charge is 2.18. The molecule has 1 aliphatic heterocycles. The van der Waals surface area contributed by atoms with Crippen LogP contribution < -0.4 is 5.32 Å². The number of hydrogen-bond donors (Lipinski definition) is 1. The lowest BCUT2D eigenvalue weighted by Crippen LogP contribution is -2.38. The Morgan fingerprint density at radius 1 is 1.45 bits per heavy atom. The van der Waals surface area contributed by atoms with Crippen LogP contribution in [-0.2, 0) is 11.2 Å². The minimum Gasteiger partial charge on any atom is -0.383 e. The van der Waals surface area contributed by atoms with Crippen molar-refractivity contribution in [2.75, 3.05) is 46.4 Å². The fourth-order valence-corrected chi connectivity index (χ4v) is 3.49. The maximum atomic E-state index is 5.05. The quantitative estimate of drug-likeness (QED) is 0.744. The number of rotatable bonds is 8. The third-order valence-electron chi connectivity index (χ3n) is 4.12. The van der Waals surface area contributed by atoms with E-state index < -0.39 is 0 Å². The van der Waals surface area contributed by atoms with Gasteiger partial charge in [0, 0.05) is 25.1 Å². The average molecular weight is 297 g/mol. The summed E-state index contributed by atoms with van der Waals surface area (Å²) in [6.45, 7) is 8.72. The number of hydrogen-bond acceptors (Lipinski definition) is 5. The molecule has 0 aliphatic carbocycles. The van der Waals surface area contributed by atoms with E-state index in [0.29, 0.717) is 0 Å². The van der Waals surface area contributed by atoms with E-state index in [-0.39, 0.29) is 0 Å². The third-order valence-corrected chi connectivity index (χ3v) is 5.12. The van der Waals surface area contributed by atoms with E-state index in [2.05, 4.69) is 22.1 Å². The molecule has 0 amide bonds. The fraction of sp³-hybridized carbons (Fsp3) is 0.800. The standard InChI is InChI=1S/C15H27N3OS/c1-13-15(20-12-17-13)5-9-18-7-3-14(4-8-18)11-16-6-10-19-2/h12,14,16H,3-11H2,1-2H3.